The van der Waals surface area contributed by atoms with Gasteiger partial charge in [-0.3, -0.25) is 4.79 Å². The van der Waals surface area contributed by atoms with E-state index in [1.165, 1.54) is 12.1 Å². The van der Waals surface area contributed by atoms with Crippen molar-refractivity contribution in [2.75, 3.05) is 5.73 Å². The molecule has 0 bridgehead atoms. The largest absolute Gasteiger partial charge is 0.398 e. The zero-order valence-corrected chi connectivity index (χ0v) is 13.1. The number of benzene rings is 1. The zero-order valence-electron chi connectivity index (χ0n) is 11.5. The molecule has 0 atom stereocenters. The van der Waals surface area contributed by atoms with Gasteiger partial charge in [0, 0.05) is 17.6 Å². The van der Waals surface area contributed by atoms with E-state index in [2.05, 4.69) is 4.72 Å². The molecule has 0 spiro atoms. The van der Waals surface area contributed by atoms with Gasteiger partial charge in [0.25, 0.3) is 0 Å². The third-order valence-corrected chi connectivity index (χ3v) is 4.80. The maximum absolute atomic E-state index is 12.3. The molecular formula is C12H18ClN3O3S. The van der Waals surface area contributed by atoms with Gasteiger partial charge in [0.05, 0.1) is 5.02 Å². The Morgan fingerprint density at radius 1 is 1.40 bits per heavy atom. The molecule has 0 fully saturated rings. The van der Waals surface area contributed by atoms with Gasteiger partial charge in [-0.2, -0.15) is 0 Å². The topological polar surface area (TPSA) is 115 Å². The van der Waals surface area contributed by atoms with E-state index in [0.717, 1.165) is 0 Å². The highest BCUT2D eigenvalue weighted by Gasteiger charge is 2.29. The molecule has 0 aliphatic rings. The van der Waals surface area contributed by atoms with Crippen molar-refractivity contribution in [3.05, 3.63) is 22.7 Å². The van der Waals surface area contributed by atoms with E-state index < -0.39 is 21.5 Å². The predicted octanol–water partition coefficient (Wildman–Crippen LogP) is 1.16. The predicted molar refractivity (Wildman–Crippen MR) is 78.8 cm³/mol. The molecule has 5 N–H and O–H groups in total. The number of nitrogens with two attached hydrogens (primary N) is 2. The summed E-state index contributed by atoms with van der Waals surface area (Å²) in [5, 5.41) is 0.0686. The van der Waals surface area contributed by atoms with Gasteiger partial charge in [-0.05, 0) is 38.5 Å². The smallest absolute Gasteiger partial charge is 0.242 e. The number of amides is 1. The highest BCUT2D eigenvalue weighted by atomic mass is 35.5. The molecule has 1 aromatic rings. The van der Waals surface area contributed by atoms with E-state index in [9.17, 15) is 13.2 Å². The fourth-order valence-electron chi connectivity index (χ4n) is 1.76. The lowest BCUT2D eigenvalue weighted by atomic mass is 10.0. The number of halogens is 1. The highest BCUT2D eigenvalue weighted by molar-refractivity contribution is 7.89. The minimum Gasteiger partial charge on any atom is -0.398 e. The number of aryl methyl sites for hydroxylation is 1. The number of primary amides is 1. The SMILES string of the molecule is Cc1cc(Cl)c(S(=O)(=O)NC(C)(C)CC(N)=O)cc1N. The summed E-state index contributed by atoms with van der Waals surface area (Å²) >= 11 is 5.95. The van der Waals surface area contributed by atoms with E-state index in [4.69, 9.17) is 23.1 Å². The van der Waals surface area contributed by atoms with Gasteiger partial charge in [-0.25, -0.2) is 13.1 Å². The fourth-order valence-corrected chi connectivity index (χ4v) is 3.80. The number of rotatable bonds is 5. The number of nitrogens with one attached hydrogen (secondary N) is 1. The number of hydrogen-bond donors (Lipinski definition) is 3. The van der Waals surface area contributed by atoms with Crippen molar-refractivity contribution in [1.29, 1.82) is 0 Å². The van der Waals surface area contributed by atoms with Crippen LogP contribution >= 0.6 is 11.6 Å². The van der Waals surface area contributed by atoms with Crippen LogP contribution in [0.1, 0.15) is 25.8 Å². The molecular weight excluding hydrogens is 302 g/mol. The van der Waals surface area contributed by atoms with Crippen LogP contribution in [0.25, 0.3) is 0 Å². The first-order valence-corrected chi connectivity index (χ1v) is 7.68. The van der Waals surface area contributed by atoms with Crippen molar-refractivity contribution >= 4 is 33.2 Å². The van der Waals surface area contributed by atoms with Gasteiger partial charge in [-0.15, -0.1) is 0 Å². The minimum atomic E-state index is -3.90. The van der Waals surface area contributed by atoms with Crippen LogP contribution in [0.4, 0.5) is 5.69 Å². The lowest BCUT2D eigenvalue weighted by Crippen LogP contribution is -2.45. The van der Waals surface area contributed by atoms with Gasteiger partial charge in [0.15, 0.2) is 0 Å². The molecule has 112 valence electrons. The Labute approximate surface area is 123 Å². The molecule has 1 amide bonds. The minimum absolute atomic E-state index is 0.0686. The van der Waals surface area contributed by atoms with Crippen LogP contribution in [0.5, 0.6) is 0 Å². The first kappa shape index (κ1) is 16.7. The number of hydrogen-bond acceptors (Lipinski definition) is 4. The summed E-state index contributed by atoms with van der Waals surface area (Å²) in [4.78, 5) is 10.8. The average molecular weight is 320 g/mol. The molecule has 1 rings (SSSR count). The summed E-state index contributed by atoms with van der Waals surface area (Å²) in [5.41, 5.74) is 10.8. The highest BCUT2D eigenvalue weighted by Crippen LogP contribution is 2.27. The van der Waals surface area contributed by atoms with Gasteiger partial charge < -0.3 is 11.5 Å². The van der Waals surface area contributed by atoms with Crippen LogP contribution in [0.3, 0.4) is 0 Å². The van der Waals surface area contributed by atoms with Crippen LogP contribution in [0.2, 0.25) is 5.02 Å². The molecule has 0 aliphatic carbocycles. The van der Waals surface area contributed by atoms with Crippen molar-refractivity contribution in [3.63, 3.8) is 0 Å². The number of nitrogen functional groups attached to an aromatic ring is 1. The Morgan fingerprint density at radius 3 is 2.45 bits per heavy atom. The standard InChI is InChI=1S/C12H18ClN3O3S/c1-7-4-8(13)10(5-9(7)14)20(18,19)16-12(2,3)6-11(15)17/h4-5,16H,6,14H2,1-3H3,(H2,15,17). The van der Waals surface area contributed by atoms with Crippen LogP contribution in [0, 0.1) is 6.92 Å². The quantitative estimate of drug-likeness (QED) is 0.706. The van der Waals surface area contributed by atoms with Gasteiger partial charge in [-0.1, -0.05) is 11.6 Å². The van der Waals surface area contributed by atoms with Gasteiger partial charge >= 0.3 is 0 Å². The van der Waals surface area contributed by atoms with Crippen LogP contribution in [-0.4, -0.2) is 19.9 Å². The monoisotopic (exact) mass is 319 g/mol. The first-order valence-electron chi connectivity index (χ1n) is 5.82. The molecule has 8 heteroatoms. The average Bonchev–Trinajstić information content (AvgIpc) is 2.19. The van der Waals surface area contributed by atoms with E-state index in [-0.39, 0.29) is 16.3 Å². The second-order valence-electron chi connectivity index (χ2n) is 5.27. The fraction of sp³-hybridized carbons (Fsp3) is 0.417. The van der Waals surface area contributed by atoms with E-state index in [1.807, 2.05) is 0 Å². The van der Waals surface area contributed by atoms with E-state index in [1.54, 1.807) is 20.8 Å². The second kappa shape index (κ2) is 5.59. The number of sulfonamides is 1. The molecule has 0 aliphatic heterocycles. The Kier molecular flexibility index (Phi) is 4.68. The van der Waals surface area contributed by atoms with E-state index >= 15 is 0 Å². The van der Waals surface area contributed by atoms with Crippen LogP contribution < -0.4 is 16.2 Å². The summed E-state index contributed by atoms with van der Waals surface area (Å²) in [6.07, 6.45) is -0.134. The zero-order chi connectivity index (χ0) is 15.7. The maximum atomic E-state index is 12.3. The lowest BCUT2D eigenvalue weighted by molar-refractivity contribution is -0.119. The Bertz CT molecular complexity index is 642. The molecule has 6 nitrogen and oxygen atoms in total. The summed E-state index contributed by atoms with van der Waals surface area (Å²) < 4.78 is 27.0. The summed E-state index contributed by atoms with van der Waals surface area (Å²) in [5.74, 6) is -0.604. The van der Waals surface area contributed by atoms with Crippen molar-refractivity contribution in [2.45, 2.75) is 37.6 Å². The maximum Gasteiger partial charge on any atom is 0.242 e. The molecule has 0 unspecified atom stereocenters. The van der Waals surface area contributed by atoms with Crippen molar-refractivity contribution in [1.82, 2.24) is 4.72 Å². The molecule has 0 aromatic heterocycles. The normalized spacial score (nSPS) is 12.4. The molecule has 0 radical (unpaired) electrons. The Morgan fingerprint density at radius 2 is 1.95 bits per heavy atom. The summed E-state index contributed by atoms with van der Waals surface area (Å²) in [6.45, 7) is 4.84. The van der Waals surface area contributed by atoms with Crippen LogP contribution in [-0.2, 0) is 14.8 Å². The molecule has 0 saturated heterocycles. The lowest BCUT2D eigenvalue weighted by Gasteiger charge is -2.24. The third-order valence-electron chi connectivity index (χ3n) is 2.64. The molecule has 0 heterocycles. The Balaban J connectivity index is 3.18. The summed E-state index contributed by atoms with van der Waals surface area (Å²) in [6, 6.07) is 2.77. The van der Waals surface area contributed by atoms with Crippen molar-refractivity contribution < 1.29 is 13.2 Å². The number of carbonyl (C=O) groups is 1. The molecule has 0 saturated carbocycles. The summed E-state index contributed by atoms with van der Waals surface area (Å²) in [7, 11) is -3.90. The second-order valence-corrected chi connectivity index (χ2v) is 7.33. The van der Waals surface area contributed by atoms with Crippen molar-refractivity contribution in [3.8, 4) is 0 Å². The molecule has 20 heavy (non-hydrogen) atoms. The van der Waals surface area contributed by atoms with Crippen molar-refractivity contribution in [2.24, 2.45) is 5.73 Å². The molecule has 1 aromatic carbocycles. The van der Waals surface area contributed by atoms with Gasteiger partial charge in [0.1, 0.15) is 4.90 Å². The van der Waals surface area contributed by atoms with Gasteiger partial charge in [0.2, 0.25) is 15.9 Å². The first-order chi connectivity index (χ1) is 8.94. The van der Waals surface area contributed by atoms with Crippen LogP contribution in [0.15, 0.2) is 17.0 Å². The number of anilines is 1. The Hall–Kier alpha value is -1.31. The third kappa shape index (κ3) is 4.09. The number of carbonyl (C=O) groups excluding carboxylic acids is 1. The van der Waals surface area contributed by atoms with E-state index in [0.29, 0.717) is 11.3 Å².